The summed E-state index contributed by atoms with van der Waals surface area (Å²) in [6, 6.07) is 7.06. The lowest BCUT2D eigenvalue weighted by molar-refractivity contribution is 0.201. The number of nitrogens with one attached hydrogen (secondary N) is 1. The number of aryl methyl sites for hydroxylation is 1. The van der Waals surface area contributed by atoms with Gasteiger partial charge in [0, 0.05) is 5.54 Å². The third-order valence-corrected chi connectivity index (χ3v) is 4.00. The van der Waals surface area contributed by atoms with Gasteiger partial charge in [-0.05, 0) is 50.3 Å². The Bertz CT molecular complexity index is 370. The van der Waals surface area contributed by atoms with Gasteiger partial charge in [0.15, 0.2) is 0 Å². The molecule has 0 unspecified atom stereocenters. The highest BCUT2D eigenvalue weighted by Crippen LogP contribution is 2.41. The van der Waals surface area contributed by atoms with Gasteiger partial charge < -0.3 is 5.32 Å². The van der Waals surface area contributed by atoms with Crippen LogP contribution in [0.25, 0.3) is 0 Å². The molecule has 0 aromatic heterocycles. The molecule has 0 amide bonds. The molecule has 1 nitrogen and oxygen atoms in total. The molecule has 1 aromatic carbocycles. The SMILES string of the molecule is CNC1(c2cc(C)cc(C(C)C)c2)CCC1. The molecule has 1 aliphatic carbocycles. The van der Waals surface area contributed by atoms with Gasteiger partial charge in [0.25, 0.3) is 0 Å². The van der Waals surface area contributed by atoms with Crippen LogP contribution in [0.15, 0.2) is 18.2 Å². The Kier molecular flexibility index (Phi) is 3.07. The van der Waals surface area contributed by atoms with Crippen LogP contribution in [-0.4, -0.2) is 7.05 Å². The Hall–Kier alpha value is -0.820. The first kappa shape index (κ1) is 11.7. The first-order chi connectivity index (χ1) is 7.57. The monoisotopic (exact) mass is 217 g/mol. The van der Waals surface area contributed by atoms with Crippen LogP contribution in [0.3, 0.4) is 0 Å². The van der Waals surface area contributed by atoms with Crippen molar-refractivity contribution in [1.82, 2.24) is 5.32 Å². The smallest absolute Gasteiger partial charge is 0.0432 e. The molecule has 1 fully saturated rings. The minimum absolute atomic E-state index is 0.273. The Morgan fingerprint density at radius 3 is 2.31 bits per heavy atom. The van der Waals surface area contributed by atoms with Crippen LogP contribution in [0.4, 0.5) is 0 Å². The van der Waals surface area contributed by atoms with Crippen molar-refractivity contribution in [2.24, 2.45) is 0 Å². The van der Waals surface area contributed by atoms with Gasteiger partial charge in [-0.1, -0.05) is 37.6 Å². The summed E-state index contributed by atoms with van der Waals surface area (Å²) in [6.45, 7) is 6.74. The van der Waals surface area contributed by atoms with Gasteiger partial charge >= 0.3 is 0 Å². The maximum absolute atomic E-state index is 3.52. The zero-order valence-electron chi connectivity index (χ0n) is 10.9. The second-order valence-corrected chi connectivity index (χ2v) is 5.47. The van der Waals surface area contributed by atoms with E-state index in [0.29, 0.717) is 5.92 Å². The Morgan fingerprint density at radius 2 is 1.88 bits per heavy atom. The molecular weight excluding hydrogens is 194 g/mol. The minimum Gasteiger partial charge on any atom is -0.310 e. The van der Waals surface area contributed by atoms with Gasteiger partial charge in [-0.2, -0.15) is 0 Å². The number of benzene rings is 1. The largest absolute Gasteiger partial charge is 0.310 e. The van der Waals surface area contributed by atoms with E-state index in [9.17, 15) is 0 Å². The molecule has 1 saturated carbocycles. The predicted molar refractivity (Wildman–Crippen MR) is 69.9 cm³/mol. The van der Waals surface area contributed by atoms with Crippen LogP contribution in [-0.2, 0) is 5.54 Å². The lowest BCUT2D eigenvalue weighted by Gasteiger charge is -2.43. The molecule has 0 bridgehead atoms. The fourth-order valence-corrected chi connectivity index (χ4v) is 2.64. The Balaban J connectivity index is 2.40. The Morgan fingerprint density at radius 1 is 1.19 bits per heavy atom. The molecule has 1 aromatic rings. The van der Waals surface area contributed by atoms with E-state index in [1.54, 1.807) is 0 Å². The second kappa shape index (κ2) is 4.21. The highest BCUT2D eigenvalue weighted by Gasteiger charge is 2.37. The molecule has 1 N–H and O–H groups in total. The van der Waals surface area contributed by atoms with Crippen LogP contribution >= 0.6 is 0 Å². The van der Waals surface area contributed by atoms with Crippen molar-refractivity contribution in [1.29, 1.82) is 0 Å². The quantitative estimate of drug-likeness (QED) is 0.813. The maximum Gasteiger partial charge on any atom is 0.0432 e. The summed E-state index contributed by atoms with van der Waals surface area (Å²) in [5.74, 6) is 0.618. The molecular formula is C15H23N. The molecule has 2 rings (SSSR count). The molecule has 0 heterocycles. The summed E-state index contributed by atoms with van der Waals surface area (Å²) >= 11 is 0. The summed E-state index contributed by atoms with van der Waals surface area (Å²) < 4.78 is 0. The van der Waals surface area contributed by atoms with E-state index in [1.165, 1.54) is 36.0 Å². The van der Waals surface area contributed by atoms with Crippen molar-refractivity contribution < 1.29 is 0 Å². The third-order valence-electron chi connectivity index (χ3n) is 4.00. The lowest BCUT2D eigenvalue weighted by Crippen LogP contribution is -2.46. The predicted octanol–water partition coefficient (Wildman–Crippen LogP) is 3.72. The van der Waals surface area contributed by atoms with E-state index in [4.69, 9.17) is 0 Å². The average Bonchev–Trinajstić information content (AvgIpc) is 2.16. The van der Waals surface area contributed by atoms with Gasteiger partial charge in [0.1, 0.15) is 0 Å². The normalized spacial score (nSPS) is 18.6. The van der Waals surface area contributed by atoms with Crippen LogP contribution in [0.1, 0.15) is 55.7 Å². The van der Waals surface area contributed by atoms with Gasteiger partial charge in [0.2, 0.25) is 0 Å². The first-order valence-corrected chi connectivity index (χ1v) is 6.38. The van der Waals surface area contributed by atoms with E-state index in [-0.39, 0.29) is 5.54 Å². The zero-order chi connectivity index (χ0) is 11.8. The van der Waals surface area contributed by atoms with Crippen LogP contribution in [0.5, 0.6) is 0 Å². The highest BCUT2D eigenvalue weighted by molar-refractivity contribution is 5.36. The van der Waals surface area contributed by atoms with E-state index >= 15 is 0 Å². The highest BCUT2D eigenvalue weighted by atomic mass is 15.0. The summed E-state index contributed by atoms with van der Waals surface area (Å²) in [7, 11) is 2.09. The van der Waals surface area contributed by atoms with Gasteiger partial charge in [-0.3, -0.25) is 0 Å². The summed E-state index contributed by atoms with van der Waals surface area (Å²) in [5.41, 5.74) is 4.62. The zero-order valence-corrected chi connectivity index (χ0v) is 10.9. The van der Waals surface area contributed by atoms with Crippen molar-refractivity contribution in [3.05, 3.63) is 34.9 Å². The van der Waals surface area contributed by atoms with Gasteiger partial charge in [-0.25, -0.2) is 0 Å². The number of hydrogen-bond donors (Lipinski definition) is 1. The molecule has 0 aliphatic heterocycles. The van der Waals surface area contributed by atoms with E-state index in [0.717, 1.165) is 0 Å². The second-order valence-electron chi connectivity index (χ2n) is 5.47. The van der Waals surface area contributed by atoms with E-state index in [1.807, 2.05) is 0 Å². The molecule has 88 valence electrons. The molecule has 0 radical (unpaired) electrons. The molecule has 0 atom stereocenters. The fraction of sp³-hybridized carbons (Fsp3) is 0.600. The maximum atomic E-state index is 3.52. The van der Waals surface area contributed by atoms with Crippen molar-refractivity contribution in [3.63, 3.8) is 0 Å². The standard InChI is InChI=1S/C15H23N/c1-11(2)13-8-12(3)9-14(10-13)15(16-4)6-5-7-15/h8-11,16H,5-7H2,1-4H3. The van der Waals surface area contributed by atoms with E-state index < -0.39 is 0 Å². The molecule has 0 spiro atoms. The minimum atomic E-state index is 0.273. The van der Waals surface area contributed by atoms with Crippen LogP contribution in [0, 0.1) is 6.92 Å². The van der Waals surface area contributed by atoms with Gasteiger partial charge in [-0.15, -0.1) is 0 Å². The number of hydrogen-bond acceptors (Lipinski definition) is 1. The molecule has 1 aliphatic rings. The van der Waals surface area contributed by atoms with E-state index in [2.05, 4.69) is 51.3 Å². The first-order valence-electron chi connectivity index (χ1n) is 6.38. The van der Waals surface area contributed by atoms with Crippen LogP contribution in [0.2, 0.25) is 0 Å². The summed E-state index contributed by atoms with van der Waals surface area (Å²) in [5, 5.41) is 3.52. The average molecular weight is 217 g/mol. The fourth-order valence-electron chi connectivity index (χ4n) is 2.64. The van der Waals surface area contributed by atoms with Crippen molar-refractivity contribution in [2.45, 2.75) is 51.5 Å². The number of rotatable bonds is 3. The third kappa shape index (κ3) is 1.89. The topological polar surface area (TPSA) is 12.0 Å². The Labute approximate surface area is 99.3 Å². The van der Waals surface area contributed by atoms with Crippen molar-refractivity contribution in [3.8, 4) is 0 Å². The molecule has 16 heavy (non-hydrogen) atoms. The van der Waals surface area contributed by atoms with Gasteiger partial charge in [0.05, 0.1) is 0 Å². The summed E-state index contributed by atoms with van der Waals surface area (Å²) in [6.07, 6.45) is 3.92. The van der Waals surface area contributed by atoms with Crippen molar-refractivity contribution in [2.75, 3.05) is 7.05 Å². The van der Waals surface area contributed by atoms with Crippen molar-refractivity contribution >= 4 is 0 Å². The van der Waals surface area contributed by atoms with Crippen LogP contribution < -0.4 is 5.32 Å². The molecule has 0 saturated heterocycles. The lowest BCUT2D eigenvalue weighted by atomic mass is 9.71. The molecule has 1 heteroatoms. The summed E-state index contributed by atoms with van der Waals surface area (Å²) in [4.78, 5) is 0.